The number of hydrogen-bond donors (Lipinski definition) is 0. The molecule has 2 aromatic carbocycles. The van der Waals surface area contributed by atoms with E-state index in [1.54, 1.807) is 29.4 Å². The molecular weight excluding hydrogens is 358 g/mol. The third-order valence-corrected chi connectivity index (χ3v) is 5.31. The van der Waals surface area contributed by atoms with Gasteiger partial charge in [-0.2, -0.15) is 0 Å². The van der Waals surface area contributed by atoms with Crippen LogP contribution in [0.1, 0.15) is 10.4 Å². The van der Waals surface area contributed by atoms with Crippen LogP contribution in [0.15, 0.2) is 54.9 Å². The number of carbonyl (C=O) groups is 1. The Kier molecular flexibility index (Phi) is 4.79. The van der Waals surface area contributed by atoms with E-state index in [-0.39, 0.29) is 5.91 Å². The van der Waals surface area contributed by atoms with Crippen molar-refractivity contribution in [3.63, 3.8) is 0 Å². The average molecular weight is 377 g/mol. The zero-order valence-corrected chi connectivity index (χ0v) is 16.0. The molecule has 0 fully saturated rings. The third-order valence-electron chi connectivity index (χ3n) is 4.25. The molecule has 4 aromatic rings. The van der Waals surface area contributed by atoms with E-state index >= 15 is 0 Å². The summed E-state index contributed by atoms with van der Waals surface area (Å²) in [5, 5.41) is 0.710. The number of nitrogens with zero attached hydrogens (tertiary/aromatic N) is 5. The van der Waals surface area contributed by atoms with E-state index in [9.17, 15) is 4.79 Å². The van der Waals surface area contributed by atoms with Gasteiger partial charge in [-0.25, -0.2) is 4.98 Å². The molecule has 136 valence electrons. The van der Waals surface area contributed by atoms with Crippen molar-refractivity contribution in [2.45, 2.75) is 0 Å². The fourth-order valence-electron chi connectivity index (χ4n) is 2.81. The molecule has 0 unspecified atom stereocenters. The molecule has 0 aliphatic rings. The second-order valence-corrected chi connectivity index (χ2v) is 7.49. The Morgan fingerprint density at radius 2 is 1.74 bits per heavy atom. The van der Waals surface area contributed by atoms with Crippen molar-refractivity contribution in [2.75, 3.05) is 32.1 Å². The van der Waals surface area contributed by atoms with Crippen LogP contribution < -0.4 is 4.90 Å². The Hall–Kier alpha value is -2.90. The predicted molar refractivity (Wildman–Crippen MR) is 109 cm³/mol. The summed E-state index contributed by atoms with van der Waals surface area (Å²) in [4.78, 5) is 30.4. The molecule has 0 spiro atoms. The highest BCUT2D eigenvalue weighted by molar-refractivity contribution is 7.22. The Morgan fingerprint density at radius 1 is 0.963 bits per heavy atom. The Balaban J connectivity index is 1.73. The number of amides is 1. The lowest BCUT2D eigenvalue weighted by atomic mass is 10.1. The quantitative estimate of drug-likeness (QED) is 0.533. The summed E-state index contributed by atoms with van der Waals surface area (Å²) in [5.74, 6) is -0.0801. The summed E-state index contributed by atoms with van der Waals surface area (Å²) >= 11 is 1.53. The second-order valence-electron chi connectivity index (χ2n) is 6.48. The third kappa shape index (κ3) is 3.65. The maximum Gasteiger partial charge on any atom is 0.260 e. The standard InChI is InChI=1S/C20H19N5OS/c1-24(2)11-12-25(20-23-16-5-3-4-6-18(16)27-20)19(26)14-7-8-15-17(13-14)22-10-9-21-15/h3-10,13H,11-12H2,1-2H3. The smallest absolute Gasteiger partial charge is 0.260 e. The molecule has 0 radical (unpaired) electrons. The topological polar surface area (TPSA) is 62.2 Å². The summed E-state index contributed by atoms with van der Waals surface area (Å²) < 4.78 is 1.07. The zero-order chi connectivity index (χ0) is 18.8. The van der Waals surface area contributed by atoms with Crippen LogP contribution in [-0.2, 0) is 0 Å². The van der Waals surface area contributed by atoms with Gasteiger partial charge in [-0.3, -0.25) is 19.7 Å². The highest BCUT2D eigenvalue weighted by atomic mass is 32.1. The van der Waals surface area contributed by atoms with E-state index in [0.717, 1.165) is 22.3 Å². The summed E-state index contributed by atoms with van der Waals surface area (Å²) in [6.07, 6.45) is 3.28. The number of aromatic nitrogens is 3. The molecule has 4 rings (SSSR count). The number of anilines is 1. The number of hydrogen-bond acceptors (Lipinski definition) is 6. The highest BCUT2D eigenvalue weighted by Gasteiger charge is 2.21. The first-order valence-electron chi connectivity index (χ1n) is 8.65. The van der Waals surface area contributed by atoms with Crippen LogP contribution in [0, 0.1) is 0 Å². The number of benzene rings is 2. The van der Waals surface area contributed by atoms with Gasteiger partial charge in [-0.05, 0) is 44.4 Å². The summed E-state index contributed by atoms with van der Waals surface area (Å²) in [7, 11) is 3.99. The molecule has 0 atom stereocenters. The van der Waals surface area contributed by atoms with Crippen molar-refractivity contribution in [3.8, 4) is 0 Å². The van der Waals surface area contributed by atoms with Gasteiger partial charge >= 0.3 is 0 Å². The van der Waals surface area contributed by atoms with Gasteiger partial charge in [0.05, 0.1) is 21.3 Å². The molecular formula is C20H19N5OS. The number of fused-ring (bicyclic) bond motifs is 2. The average Bonchev–Trinajstić information content (AvgIpc) is 3.11. The van der Waals surface area contributed by atoms with Gasteiger partial charge in [-0.15, -0.1) is 0 Å². The van der Waals surface area contributed by atoms with Gasteiger partial charge in [0.2, 0.25) is 0 Å². The molecule has 7 heteroatoms. The van der Waals surface area contributed by atoms with E-state index in [1.165, 1.54) is 11.3 Å². The number of para-hydroxylation sites is 1. The summed E-state index contributed by atoms with van der Waals surface area (Å²) in [6.45, 7) is 1.30. The molecule has 2 aromatic heterocycles. The first-order chi connectivity index (χ1) is 13.1. The number of likely N-dealkylation sites (N-methyl/N-ethyl adjacent to an activating group) is 1. The van der Waals surface area contributed by atoms with Gasteiger partial charge < -0.3 is 4.90 Å². The lowest BCUT2D eigenvalue weighted by Gasteiger charge is -2.22. The van der Waals surface area contributed by atoms with Crippen molar-refractivity contribution < 1.29 is 4.79 Å². The van der Waals surface area contributed by atoms with Crippen molar-refractivity contribution in [1.82, 2.24) is 19.9 Å². The molecule has 0 N–H and O–H groups in total. The highest BCUT2D eigenvalue weighted by Crippen LogP contribution is 2.29. The molecule has 0 aliphatic heterocycles. The molecule has 0 bridgehead atoms. The van der Waals surface area contributed by atoms with E-state index in [1.807, 2.05) is 44.4 Å². The number of rotatable bonds is 5. The van der Waals surface area contributed by atoms with Crippen LogP contribution in [-0.4, -0.2) is 52.9 Å². The van der Waals surface area contributed by atoms with E-state index in [2.05, 4.69) is 19.9 Å². The summed E-state index contributed by atoms with van der Waals surface area (Å²) in [5.41, 5.74) is 2.97. The van der Waals surface area contributed by atoms with E-state index in [0.29, 0.717) is 22.8 Å². The molecule has 6 nitrogen and oxygen atoms in total. The predicted octanol–water partition coefficient (Wildman–Crippen LogP) is 3.45. The van der Waals surface area contributed by atoms with Gasteiger partial charge in [-0.1, -0.05) is 23.5 Å². The maximum atomic E-state index is 13.3. The fourth-order valence-corrected chi connectivity index (χ4v) is 3.80. The first-order valence-corrected chi connectivity index (χ1v) is 9.46. The van der Waals surface area contributed by atoms with Crippen LogP contribution >= 0.6 is 11.3 Å². The lowest BCUT2D eigenvalue weighted by molar-refractivity contribution is 0.0985. The zero-order valence-electron chi connectivity index (χ0n) is 15.2. The van der Waals surface area contributed by atoms with Crippen LogP contribution in [0.5, 0.6) is 0 Å². The minimum atomic E-state index is -0.0801. The number of thiazole rings is 1. The van der Waals surface area contributed by atoms with Crippen LogP contribution in [0.2, 0.25) is 0 Å². The molecule has 2 heterocycles. The monoisotopic (exact) mass is 377 g/mol. The molecule has 0 saturated heterocycles. The molecule has 27 heavy (non-hydrogen) atoms. The summed E-state index contributed by atoms with van der Waals surface area (Å²) in [6, 6.07) is 13.4. The minimum Gasteiger partial charge on any atom is -0.308 e. The SMILES string of the molecule is CN(C)CCN(C(=O)c1ccc2nccnc2c1)c1nc2ccccc2s1. The molecule has 1 amide bonds. The van der Waals surface area contributed by atoms with Gasteiger partial charge in [0.25, 0.3) is 5.91 Å². The lowest BCUT2D eigenvalue weighted by Crippen LogP contribution is -2.36. The fraction of sp³-hybridized carbons (Fsp3) is 0.200. The largest absolute Gasteiger partial charge is 0.308 e. The van der Waals surface area contributed by atoms with Gasteiger partial charge in [0.15, 0.2) is 5.13 Å². The molecule has 0 aliphatic carbocycles. The normalized spacial score (nSPS) is 11.4. The maximum absolute atomic E-state index is 13.3. The van der Waals surface area contributed by atoms with Gasteiger partial charge in [0.1, 0.15) is 0 Å². The van der Waals surface area contributed by atoms with Crippen molar-refractivity contribution in [3.05, 3.63) is 60.4 Å². The first kappa shape index (κ1) is 17.5. The van der Waals surface area contributed by atoms with Crippen molar-refractivity contribution in [2.24, 2.45) is 0 Å². The van der Waals surface area contributed by atoms with Crippen LogP contribution in [0.3, 0.4) is 0 Å². The van der Waals surface area contributed by atoms with Gasteiger partial charge in [0, 0.05) is 31.0 Å². The van der Waals surface area contributed by atoms with Crippen molar-refractivity contribution >= 4 is 43.6 Å². The number of carbonyl (C=O) groups excluding carboxylic acids is 1. The van der Waals surface area contributed by atoms with Crippen LogP contribution in [0.4, 0.5) is 5.13 Å². The Labute approximate surface area is 161 Å². The Bertz CT molecular complexity index is 1070. The second kappa shape index (κ2) is 7.38. The van der Waals surface area contributed by atoms with E-state index < -0.39 is 0 Å². The Morgan fingerprint density at radius 3 is 2.52 bits per heavy atom. The van der Waals surface area contributed by atoms with Crippen molar-refractivity contribution in [1.29, 1.82) is 0 Å². The van der Waals surface area contributed by atoms with Crippen LogP contribution in [0.25, 0.3) is 21.3 Å². The minimum absolute atomic E-state index is 0.0801. The van der Waals surface area contributed by atoms with E-state index in [4.69, 9.17) is 0 Å². The molecule has 0 saturated carbocycles.